The van der Waals surface area contributed by atoms with Gasteiger partial charge in [0.1, 0.15) is 0 Å². The predicted molar refractivity (Wildman–Crippen MR) is 89.4 cm³/mol. The van der Waals surface area contributed by atoms with E-state index in [9.17, 15) is 0 Å². The third-order valence-corrected chi connectivity index (χ3v) is 5.20. The molecule has 0 saturated heterocycles. The minimum absolute atomic E-state index is 0.400. The van der Waals surface area contributed by atoms with E-state index >= 15 is 0 Å². The molecule has 19 heavy (non-hydrogen) atoms. The van der Waals surface area contributed by atoms with Gasteiger partial charge in [0.25, 0.3) is 0 Å². The van der Waals surface area contributed by atoms with E-state index in [-0.39, 0.29) is 0 Å². The molecule has 0 bridgehead atoms. The maximum Gasteiger partial charge on any atom is 0.0438 e. The van der Waals surface area contributed by atoms with Gasteiger partial charge >= 0.3 is 0 Å². The Hall–Kier alpha value is -0.180. The van der Waals surface area contributed by atoms with E-state index in [4.69, 9.17) is 11.6 Å². The number of thioether (sulfide) groups is 1. The first-order chi connectivity index (χ1) is 9.08. The summed E-state index contributed by atoms with van der Waals surface area (Å²) in [5.74, 6) is 1.11. The molecular formula is C16H26ClNS. The maximum absolute atomic E-state index is 6.25. The second kappa shape index (κ2) is 8.89. The molecule has 0 aliphatic heterocycles. The van der Waals surface area contributed by atoms with Crippen LogP contribution in [0.25, 0.3) is 0 Å². The zero-order valence-electron chi connectivity index (χ0n) is 12.5. The van der Waals surface area contributed by atoms with Crippen molar-refractivity contribution in [2.75, 3.05) is 12.3 Å². The Morgan fingerprint density at radius 1 is 1.32 bits per heavy atom. The molecule has 2 atom stereocenters. The van der Waals surface area contributed by atoms with E-state index in [0.29, 0.717) is 11.3 Å². The van der Waals surface area contributed by atoms with Gasteiger partial charge in [-0.25, -0.2) is 0 Å². The van der Waals surface area contributed by atoms with Crippen molar-refractivity contribution in [2.24, 2.45) is 0 Å². The van der Waals surface area contributed by atoms with E-state index in [1.807, 2.05) is 11.8 Å². The number of halogens is 1. The molecule has 0 saturated carbocycles. The Balaban J connectivity index is 2.73. The molecule has 0 spiro atoms. The average Bonchev–Trinajstić information content (AvgIpc) is 2.42. The van der Waals surface area contributed by atoms with Crippen LogP contribution in [0.4, 0.5) is 0 Å². The van der Waals surface area contributed by atoms with Crippen LogP contribution in [-0.2, 0) is 0 Å². The Morgan fingerprint density at radius 2 is 2.05 bits per heavy atom. The van der Waals surface area contributed by atoms with Crippen LogP contribution in [0.15, 0.2) is 18.2 Å². The van der Waals surface area contributed by atoms with Crippen LogP contribution in [0, 0.1) is 6.92 Å². The summed E-state index contributed by atoms with van der Waals surface area (Å²) >= 11 is 8.28. The monoisotopic (exact) mass is 299 g/mol. The molecule has 0 fully saturated rings. The van der Waals surface area contributed by atoms with Crippen molar-refractivity contribution in [3.63, 3.8) is 0 Å². The van der Waals surface area contributed by atoms with E-state index in [1.165, 1.54) is 12.0 Å². The number of aryl methyl sites for hydroxylation is 1. The lowest BCUT2D eigenvalue weighted by molar-refractivity contribution is 0.576. The minimum atomic E-state index is 0.400. The standard InChI is InChI=1S/C16H26ClNS/c1-5-9-18-16(11-19-13(4)6-2)14-8-7-12(3)15(17)10-14/h7-8,10,13,16,18H,5-6,9,11H2,1-4H3. The quantitative estimate of drug-likeness (QED) is 0.706. The lowest BCUT2D eigenvalue weighted by atomic mass is 10.1. The van der Waals surface area contributed by atoms with Gasteiger partial charge in [-0.05, 0) is 43.5 Å². The summed E-state index contributed by atoms with van der Waals surface area (Å²) < 4.78 is 0. The van der Waals surface area contributed by atoms with Crippen molar-refractivity contribution >= 4 is 23.4 Å². The fraction of sp³-hybridized carbons (Fsp3) is 0.625. The molecule has 108 valence electrons. The van der Waals surface area contributed by atoms with Crippen LogP contribution in [0.2, 0.25) is 5.02 Å². The number of hydrogen-bond donors (Lipinski definition) is 1. The molecule has 0 aliphatic rings. The summed E-state index contributed by atoms with van der Waals surface area (Å²) in [6, 6.07) is 6.83. The van der Waals surface area contributed by atoms with Crippen molar-refractivity contribution < 1.29 is 0 Å². The third kappa shape index (κ3) is 5.76. The smallest absolute Gasteiger partial charge is 0.0438 e. The topological polar surface area (TPSA) is 12.0 Å². The Bertz CT molecular complexity index is 381. The zero-order valence-corrected chi connectivity index (χ0v) is 14.1. The van der Waals surface area contributed by atoms with Gasteiger partial charge in [0.15, 0.2) is 0 Å². The summed E-state index contributed by atoms with van der Waals surface area (Å²) in [7, 11) is 0. The summed E-state index contributed by atoms with van der Waals surface area (Å²) in [4.78, 5) is 0. The third-order valence-electron chi connectivity index (χ3n) is 3.36. The molecule has 0 radical (unpaired) electrons. The molecule has 1 aromatic carbocycles. The average molecular weight is 300 g/mol. The molecule has 0 heterocycles. The lowest BCUT2D eigenvalue weighted by Crippen LogP contribution is -2.24. The van der Waals surface area contributed by atoms with Gasteiger partial charge in [-0.3, -0.25) is 0 Å². The van der Waals surface area contributed by atoms with E-state index in [1.54, 1.807) is 0 Å². The normalized spacial score (nSPS) is 14.4. The maximum atomic E-state index is 6.25. The van der Waals surface area contributed by atoms with Crippen LogP contribution in [0.1, 0.15) is 50.8 Å². The highest BCUT2D eigenvalue weighted by molar-refractivity contribution is 7.99. The predicted octanol–water partition coefficient (Wildman–Crippen LogP) is 5.22. The second-order valence-corrected chi connectivity index (χ2v) is 6.95. The number of rotatable bonds is 8. The summed E-state index contributed by atoms with van der Waals surface area (Å²) in [5.41, 5.74) is 2.45. The molecule has 1 aromatic rings. The SMILES string of the molecule is CCCNC(CSC(C)CC)c1ccc(C)c(Cl)c1. The van der Waals surface area contributed by atoms with Crippen LogP contribution in [0.5, 0.6) is 0 Å². The highest BCUT2D eigenvalue weighted by Gasteiger charge is 2.13. The summed E-state index contributed by atoms with van der Waals surface area (Å²) in [6.07, 6.45) is 2.38. The number of hydrogen-bond acceptors (Lipinski definition) is 2. The highest BCUT2D eigenvalue weighted by atomic mass is 35.5. The molecular weight excluding hydrogens is 274 g/mol. The van der Waals surface area contributed by atoms with E-state index in [2.05, 4.69) is 51.2 Å². The van der Waals surface area contributed by atoms with Crippen LogP contribution >= 0.6 is 23.4 Å². The Morgan fingerprint density at radius 3 is 2.63 bits per heavy atom. The van der Waals surface area contributed by atoms with Gasteiger partial charge < -0.3 is 5.32 Å². The van der Waals surface area contributed by atoms with Crippen molar-refractivity contribution in [3.05, 3.63) is 34.3 Å². The molecule has 0 amide bonds. The van der Waals surface area contributed by atoms with E-state index < -0.39 is 0 Å². The van der Waals surface area contributed by atoms with Crippen molar-refractivity contribution in [1.29, 1.82) is 0 Å². The first-order valence-corrected chi connectivity index (χ1v) is 8.62. The largest absolute Gasteiger partial charge is 0.309 e. The first-order valence-electron chi connectivity index (χ1n) is 7.19. The molecule has 1 N–H and O–H groups in total. The summed E-state index contributed by atoms with van der Waals surface area (Å²) in [5, 5.41) is 5.22. The van der Waals surface area contributed by atoms with Crippen molar-refractivity contribution in [2.45, 2.75) is 51.8 Å². The van der Waals surface area contributed by atoms with Gasteiger partial charge in [0, 0.05) is 22.1 Å². The number of benzene rings is 1. The molecule has 0 aromatic heterocycles. The Kier molecular flexibility index (Phi) is 7.89. The lowest BCUT2D eigenvalue weighted by Gasteiger charge is -2.21. The van der Waals surface area contributed by atoms with Crippen LogP contribution in [0.3, 0.4) is 0 Å². The summed E-state index contributed by atoms with van der Waals surface area (Å²) in [6.45, 7) is 9.85. The first kappa shape index (κ1) is 16.9. The second-order valence-electron chi connectivity index (χ2n) is 5.07. The fourth-order valence-corrected chi connectivity index (χ4v) is 3.05. The van der Waals surface area contributed by atoms with Crippen LogP contribution < -0.4 is 5.32 Å². The van der Waals surface area contributed by atoms with Gasteiger partial charge in [-0.2, -0.15) is 11.8 Å². The Labute approximate surface area is 127 Å². The molecule has 2 unspecified atom stereocenters. The van der Waals surface area contributed by atoms with Crippen molar-refractivity contribution in [3.8, 4) is 0 Å². The molecule has 3 heteroatoms. The minimum Gasteiger partial charge on any atom is -0.309 e. The highest BCUT2D eigenvalue weighted by Crippen LogP contribution is 2.26. The molecule has 0 aliphatic carbocycles. The van der Waals surface area contributed by atoms with Crippen LogP contribution in [-0.4, -0.2) is 17.5 Å². The van der Waals surface area contributed by atoms with Gasteiger partial charge in [-0.15, -0.1) is 0 Å². The van der Waals surface area contributed by atoms with Gasteiger partial charge in [-0.1, -0.05) is 44.5 Å². The van der Waals surface area contributed by atoms with E-state index in [0.717, 1.165) is 29.3 Å². The zero-order chi connectivity index (χ0) is 14.3. The number of nitrogens with one attached hydrogen (secondary N) is 1. The molecule has 1 rings (SSSR count). The van der Waals surface area contributed by atoms with Gasteiger partial charge in [0.2, 0.25) is 0 Å². The fourth-order valence-electron chi connectivity index (χ4n) is 1.80. The van der Waals surface area contributed by atoms with Gasteiger partial charge in [0.05, 0.1) is 0 Å². The van der Waals surface area contributed by atoms with Crippen molar-refractivity contribution in [1.82, 2.24) is 5.32 Å². The molecule has 1 nitrogen and oxygen atoms in total.